The second-order valence-corrected chi connectivity index (χ2v) is 7.17. The van der Waals surface area contributed by atoms with E-state index in [1.54, 1.807) is 0 Å². The number of aryl methyl sites for hydroxylation is 1. The van der Waals surface area contributed by atoms with E-state index < -0.39 is 0 Å². The average molecular weight is 362 g/mol. The molecule has 0 aliphatic carbocycles. The first-order valence-corrected chi connectivity index (χ1v) is 9.39. The minimum atomic E-state index is 0.680. The maximum absolute atomic E-state index is 11.3. The fourth-order valence-corrected chi connectivity index (χ4v) is 3.50. The fraction of sp³-hybridized carbons (Fsp3) is 0.304. The van der Waals surface area contributed by atoms with Crippen LogP contribution in [0.2, 0.25) is 0 Å². The second-order valence-electron chi connectivity index (χ2n) is 7.17. The number of carbonyl (C=O) groups excluding carboxylic acids is 2. The Kier molecular flexibility index (Phi) is 6.07. The van der Waals surface area contributed by atoms with Gasteiger partial charge in [0, 0.05) is 48.8 Å². The minimum Gasteiger partial charge on any atom is -0.370 e. The van der Waals surface area contributed by atoms with E-state index in [0.717, 1.165) is 61.9 Å². The number of anilines is 2. The lowest BCUT2D eigenvalue weighted by Crippen LogP contribution is -2.22. The summed E-state index contributed by atoms with van der Waals surface area (Å²) in [7, 11) is 2.05. The van der Waals surface area contributed by atoms with Gasteiger partial charge < -0.3 is 9.80 Å². The molecule has 140 valence electrons. The van der Waals surface area contributed by atoms with Crippen molar-refractivity contribution in [1.29, 1.82) is 0 Å². The van der Waals surface area contributed by atoms with Gasteiger partial charge in [-0.2, -0.15) is 0 Å². The van der Waals surface area contributed by atoms with E-state index in [4.69, 9.17) is 0 Å². The molecule has 0 saturated carbocycles. The van der Waals surface area contributed by atoms with Crippen molar-refractivity contribution in [2.45, 2.75) is 32.7 Å². The van der Waals surface area contributed by atoms with Crippen molar-refractivity contribution in [1.82, 2.24) is 0 Å². The van der Waals surface area contributed by atoms with Crippen LogP contribution in [0.1, 0.15) is 40.7 Å². The standard InChI is InChI=1S/C23H26N2O2/c1-18-6-11-23(25-12-4-3-5-20(14-25)17-27)21(13-18)15-24(2)22-9-7-19(16-26)8-10-22/h6-11,13-14,16-17H,3-5,12,15H2,1-2H3. The van der Waals surface area contributed by atoms with Gasteiger partial charge in [-0.05, 0) is 62.1 Å². The van der Waals surface area contributed by atoms with Crippen molar-refractivity contribution in [2.75, 3.05) is 23.4 Å². The Morgan fingerprint density at radius 1 is 1.04 bits per heavy atom. The lowest BCUT2D eigenvalue weighted by molar-refractivity contribution is -0.105. The van der Waals surface area contributed by atoms with Crippen molar-refractivity contribution in [3.8, 4) is 0 Å². The average Bonchev–Trinajstić information content (AvgIpc) is 2.94. The van der Waals surface area contributed by atoms with Crippen LogP contribution in [0.25, 0.3) is 0 Å². The molecule has 0 bridgehead atoms. The van der Waals surface area contributed by atoms with Crippen LogP contribution in [0.3, 0.4) is 0 Å². The molecular weight excluding hydrogens is 336 g/mol. The van der Waals surface area contributed by atoms with Gasteiger partial charge in [-0.1, -0.05) is 17.7 Å². The van der Waals surface area contributed by atoms with Crippen LogP contribution in [0.15, 0.2) is 54.2 Å². The van der Waals surface area contributed by atoms with E-state index in [1.807, 2.05) is 30.5 Å². The van der Waals surface area contributed by atoms with Gasteiger partial charge in [0.15, 0.2) is 0 Å². The Labute approximate surface area is 161 Å². The molecule has 4 heteroatoms. The molecule has 1 aliphatic rings. The molecule has 0 radical (unpaired) electrons. The highest BCUT2D eigenvalue weighted by molar-refractivity contribution is 5.76. The largest absolute Gasteiger partial charge is 0.370 e. The number of aldehydes is 2. The maximum Gasteiger partial charge on any atom is 0.150 e. The normalized spacial score (nSPS) is 14.3. The molecule has 0 spiro atoms. The lowest BCUT2D eigenvalue weighted by atomic mass is 10.1. The van der Waals surface area contributed by atoms with E-state index in [1.165, 1.54) is 11.1 Å². The zero-order valence-electron chi connectivity index (χ0n) is 16.0. The van der Waals surface area contributed by atoms with Crippen LogP contribution in [0, 0.1) is 6.92 Å². The van der Waals surface area contributed by atoms with Crippen LogP contribution in [0.4, 0.5) is 11.4 Å². The number of rotatable bonds is 6. The third-order valence-corrected chi connectivity index (χ3v) is 5.01. The van der Waals surface area contributed by atoms with Crippen molar-refractivity contribution >= 4 is 23.9 Å². The first kappa shape index (κ1) is 18.9. The molecule has 0 amide bonds. The Bertz CT molecular complexity index is 840. The Morgan fingerprint density at radius 3 is 2.52 bits per heavy atom. The number of hydrogen-bond donors (Lipinski definition) is 0. The number of benzene rings is 2. The SMILES string of the molecule is Cc1ccc(N2C=C(C=O)CCCC2)c(CN(C)c2ccc(C=O)cc2)c1. The molecule has 1 heterocycles. The van der Waals surface area contributed by atoms with Crippen LogP contribution >= 0.6 is 0 Å². The van der Waals surface area contributed by atoms with Crippen molar-refractivity contribution in [3.05, 3.63) is 70.9 Å². The monoisotopic (exact) mass is 362 g/mol. The van der Waals surface area contributed by atoms with Crippen molar-refractivity contribution < 1.29 is 9.59 Å². The second kappa shape index (κ2) is 8.67. The van der Waals surface area contributed by atoms with Gasteiger partial charge in [0.2, 0.25) is 0 Å². The molecular formula is C23H26N2O2. The Morgan fingerprint density at radius 2 is 1.81 bits per heavy atom. The molecule has 0 aromatic heterocycles. The molecule has 0 saturated heterocycles. The number of hydrogen-bond acceptors (Lipinski definition) is 4. The summed E-state index contributed by atoms with van der Waals surface area (Å²) in [6, 6.07) is 14.1. The molecule has 0 atom stereocenters. The fourth-order valence-electron chi connectivity index (χ4n) is 3.50. The minimum absolute atomic E-state index is 0.680. The molecule has 27 heavy (non-hydrogen) atoms. The topological polar surface area (TPSA) is 40.6 Å². The highest BCUT2D eigenvalue weighted by atomic mass is 16.1. The number of allylic oxidation sites excluding steroid dienone is 1. The lowest BCUT2D eigenvalue weighted by Gasteiger charge is -2.27. The van der Waals surface area contributed by atoms with Crippen molar-refractivity contribution in [3.63, 3.8) is 0 Å². The summed E-state index contributed by atoms with van der Waals surface area (Å²) >= 11 is 0. The highest BCUT2D eigenvalue weighted by Crippen LogP contribution is 2.28. The maximum atomic E-state index is 11.3. The molecule has 4 nitrogen and oxygen atoms in total. The first-order valence-electron chi connectivity index (χ1n) is 9.39. The third-order valence-electron chi connectivity index (χ3n) is 5.01. The zero-order valence-corrected chi connectivity index (χ0v) is 16.0. The summed E-state index contributed by atoms with van der Waals surface area (Å²) in [5.74, 6) is 0. The summed E-state index contributed by atoms with van der Waals surface area (Å²) in [6.07, 6.45) is 6.82. The van der Waals surface area contributed by atoms with Gasteiger partial charge in [0.1, 0.15) is 12.6 Å². The van der Waals surface area contributed by atoms with Gasteiger partial charge in [-0.15, -0.1) is 0 Å². The van der Waals surface area contributed by atoms with Gasteiger partial charge >= 0.3 is 0 Å². The van der Waals surface area contributed by atoms with Crippen LogP contribution < -0.4 is 9.80 Å². The van der Waals surface area contributed by atoms with E-state index in [2.05, 4.69) is 42.0 Å². The first-order chi connectivity index (χ1) is 13.1. The van der Waals surface area contributed by atoms with Gasteiger partial charge in [-0.3, -0.25) is 9.59 Å². The van der Waals surface area contributed by atoms with Gasteiger partial charge in [0.05, 0.1) is 0 Å². The van der Waals surface area contributed by atoms with E-state index in [-0.39, 0.29) is 0 Å². The quantitative estimate of drug-likeness (QED) is 0.709. The molecule has 2 aromatic rings. The van der Waals surface area contributed by atoms with E-state index in [9.17, 15) is 9.59 Å². The molecule has 3 rings (SSSR count). The summed E-state index contributed by atoms with van der Waals surface area (Å²) in [5, 5.41) is 0. The van der Waals surface area contributed by atoms with Gasteiger partial charge in [-0.25, -0.2) is 0 Å². The Hall–Kier alpha value is -2.88. The molecule has 2 aromatic carbocycles. The summed E-state index contributed by atoms with van der Waals surface area (Å²) in [5.41, 5.74) is 6.19. The smallest absolute Gasteiger partial charge is 0.150 e. The summed E-state index contributed by atoms with van der Waals surface area (Å²) in [6.45, 7) is 3.77. The Balaban J connectivity index is 1.89. The molecule has 1 aliphatic heterocycles. The number of carbonyl (C=O) groups is 2. The predicted octanol–water partition coefficient (Wildman–Crippen LogP) is 4.52. The van der Waals surface area contributed by atoms with Crippen LogP contribution in [0.5, 0.6) is 0 Å². The van der Waals surface area contributed by atoms with Crippen LogP contribution in [-0.4, -0.2) is 26.2 Å². The van der Waals surface area contributed by atoms with E-state index >= 15 is 0 Å². The highest BCUT2D eigenvalue weighted by Gasteiger charge is 2.15. The van der Waals surface area contributed by atoms with Gasteiger partial charge in [0.25, 0.3) is 0 Å². The summed E-state index contributed by atoms with van der Waals surface area (Å²) < 4.78 is 0. The molecule has 0 unspecified atom stereocenters. The van der Waals surface area contributed by atoms with Crippen LogP contribution in [-0.2, 0) is 11.3 Å². The number of nitrogens with zero attached hydrogens (tertiary/aromatic N) is 2. The third kappa shape index (κ3) is 4.64. The zero-order chi connectivity index (χ0) is 19.2. The predicted molar refractivity (Wildman–Crippen MR) is 110 cm³/mol. The summed E-state index contributed by atoms with van der Waals surface area (Å²) in [4.78, 5) is 26.6. The molecule has 0 fully saturated rings. The van der Waals surface area contributed by atoms with E-state index in [0.29, 0.717) is 5.56 Å². The molecule has 0 N–H and O–H groups in total. The van der Waals surface area contributed by atoms with Crippen molar-refractivity contribution in [2.24, 2.45) is 0 Å².